The zero-order valence-corrected chi connectivity index (χ0v) is 22.5. The molecule has 0 atom stereocenters. The summed E-state index contributed by atoms with van der Waals surface area (Å²) in [4.78, 5) is 10.1. The zero-order valence-electron chi connectivity index (χ0n) is 22.5. The van der Waals surface area contributed by atoms with Crippen molar-refractivity contribution in [1.82, 2.24) is 14.5 Å². The van der Waals surface area contributed by atoms with Gasteiger partial charge in [-0.1, -0.05) is 105 Å². The number of hydrogen-bond donors (Lipinski definition) is 0. The molecule has 0 radical (unpaired) electrons. The molecular formula is C37H27N3. The highest BCUT2D eigenvalue weighted by atomic mass is 15.0. The molecule has 3 heteroatoms. The van der Waals surface area contributed by atoms with E-state index < -0.39 is 0 Å². The smallest absolute Gasteiger partial charge is 0.159 e. The van der Waals surface area contributed by atoms with Gasteiger partial charge in [-0.25, -0.2) is 9.97 Å². The third-order valence-corrected chi connectivity index (χ3v) is 8.42. The Morgan fingerprint density at radius 1 is 0.575 bits per heavy atom. The van der Waals surface area contributed by atoms with Gasteiger partial charge in [0.2, 0.25) is 0 Å². The molecule has 190 valence electrons. The molecule has 0 fully saturated rings. The lowest BCUT2D eigenvalue weighted by molar-refractivity contribution is 0.636. The van der Waals surface area contributed by atoms with E-state index in [-0.39, 0.29) is 5.41 Å². The van der Waals surface area contributed by atoms with Crippen LogP contribution in [0.1, 0.15) is 25.1 Å². The van der Waals surface area contributed by atoms with Crippen molar-refractivity contribution in [2.75, 3.05) is 0 Å². The van der Waals surface area contributed by atoms with Crippen molar-refractivity contribution < 1.29 is 0 Å². The second kappa shape index (κ2) is 8.49. The Kier molecular flexibility index (Phi) is 4.86. The van der Waals surface area contributed by atoms with E-state index in [4.69, 9.17) is 9.97 Å². The van der Waals surface area contributed by atoms with Gasteiger partial charge in [0, 0.05) is 39.2 Å². The van der Waals surface area contributed by atoms with Crippen LogP contribution < -0.4 is 0 Å². The molecule has 40 heavy (non-hydrogen) atoms. The van der Waals surface area contributed by atoms with Crippen LogP contribution in [0.25, 0.3) is 61.1 Å². The lowest BCUT2D eigenvalue weighted by atomic mass is 9.84. The van der Waals surface area contributed by atoms with Gasteiger partial charge in [0.1, 0.15) is 0 Å². The van der Waals surface area contributed by atoms with Crippen LogP contribution in [0.2, 0.25) is 0 Å². The van der Waals surface area contributed by atoms with E-state index in [0.29, 0.717) is 0 Å². The molecule has 5 aromatic carbocycles. The fourth-order valence-corrected chi connectivity index (χ4v) is 6.39. The third-order valence-electron chi connectivity index (χ3n) is 8.42. The standard InChI is InChI=1S/C37H27N3/c1-37(2)32-21-25(24-11-5-3-6-12-24)17-19-28(32)31-23-38-36(39-35(31)37)26-18-20-30-29-15-9-10-16-33(29)40(34(30)22-26)27-13-7-4-8-14-27/h3-23H,1-2H3. The van der Waals surface area contributed by atoms with Crippen molar-refractivity contribution in [3.05, 3.63) is 139 Å². The molecule has 0 saturated heterocycles. The van der Waals surface area contributed by atoms with Gasteiger partial charge in [0.25, 0.3) is 0 Å². The van der Waals surface area contributed by atoms with Crippen molar-refractivity contribution in [1.29, 1.82) is 0 Å². The largest absolute Gasteiger partial charge is 0.309 e. The summed E-state index contributed by atoms with van der Waals surface area (Å²) in [5.74, 6) is 0.759. The highest BCUT2D eigenvalue weighted by Gasteiger charge is 2.38. The van der Waals surface area contributed by atoms with E-state index in [1.165, 1.54) is 38.5 Å². The summed E-state index contributed by atoms with van der Waals surface area (Å²) >= 11 is 0. The first-order chi connectivity index (χ1) is 19.6. The van der Waals surface area contributed by atoms with Gasteiger partial charge in [-0.3, -0.25) is 0 Å². The van der Waals surface area contributed by atoms with Crippen LogP contribution in [-0.4, -0.2) is 14.5 Å². The van der Waals surface area contributed by atoms with E-state index in [2.05, 4.69) is 140 Å². The van der Waals surface area contributed by atoms with Gasteiger partial charge >= 0.3 is 0 Å². The maximum Gasteiger partial charge on any atom is 0.159 e. The topological polar surface area (TPSA) is 30.7 Å². The van der Waals surface area contributed by atoms with Gasteiger partial charge in [-0.15, -0.1) is 0 Å². The average Bonchev–Trinajstić information content (AvgIpc) is 3.46. The van der Waals surface area contributed by atoms with Gasteiger partial charge in [0.05, 0.1) is 16.7 Å². The first kappa shape index (κ1) is 22.9. The minimum absolute atomic E-state index is 0.226. The summed E-state index contributed by atoms with van der Waals surface area (Å²) in [5.41, 5.74) is 11.5. The molecule has 1 aliphatic carbocycles. The van der Waals surface area contributed by atoms with Gasteiger partial charge < -0.3 is 4.57 Å². The van der Waals surface area contributed by atoms with E-state index in [1.54, 1.807) is 0 Å². The number of benzene rings is 5. The van der Waals surface area contributed by atoms with E-state index in [1.807, 2.05) is 6.20 Å². The van der Waals surface area contributed by atoms with Crippen molar-refractivity contribution >= 4 is 21.8 Å². The summed E-state index contributed by atoms with van der Waals surface area (Å²) in [6, 6.07) is 43.1. The van der Waals surface area contributed by atoms with Crippen LogP contribution in [0.4, 0.5) is 0 Å². The van der Waals surface area contributed by atoms with Crippen molar-refractivity contribution in [3.8, 4) is 39.3 Å². The Bertz CT molecular complexity index is 2070. The number of nitrogens with zero attached hydrogens (tertiary/aromatic N) is 3. The minimum Gasteiger partial charge on any atom is -0.309 e. The maximum atomic E-state index is 5.24. The highest BCUT2D eigenvalue weighted by molar-refractivity contribution is 6.10. The predicted octanol–water partition coefficient (Wildman–Crippen LogP) is 9.21. The molecule has 8 rings (SSSR count). The lowest BCUT2D eigenvalue weighted by Crippen LogP contribution is -2.17. The molecule has 2 aromatic heterocycles. The summed E-state index contributed by atoms with van der Waals surface area (Å²) < 4.78 is 2.34. The van der Waals surface area contributed by atoms with Gasteiger partial charge in [-0.2, -0.15) is 0 Å². The van der Waals surface area contributed by atoms with Gasteiger partial charge in [-0.05, 0) is 52.6 Å². The normalized spacial score (nSPS) is 13.4. The first-order valence-electron chi connectivity index (χ1n) is 13.8. The number of aromatic nitrogens is 3. The van der Waals surface area contributed by atoms with Crippen LogP contribution in [0.15, 0.2) is 128 Å². The fourth-order valence-electron chi connectivity index (χ4n) is 6.39. The summed E-state index contributed by atoms with van der Waals surface area (Å²) in [5, 5.41) is 2.47. The number of hydrogen-bond acceptors (Lipinski definition) is 2. The molecule has 1 aliphatic rings. The summed E-state index contributed by atoms with van der Waals surface area (Å²) in [6.45, 7) is 4.55. The quantitative estimate of drug-likeness (QED) is 0.236. The van der Waals surface area contributed by atoms with E-state index in [9.17, 15) is 0 Å². The predicted molar refractivity (Wildman–Crippen MR) is 165 cm³/mol. The minimum atomic E-state index is -0.226. The van der Waals surface area contributed by atoms with Gasteiger partial charge in [0.15, 0.2) is 5.82 Å². The SMILES string of the molecule is CC1(C)c2cc(-c3ccccc3)ccc2-c2cnc(-c3ccc4c5ccccc5n(-c5ccccc5)c4c3)nc21. The fraction of sp³-hybridized carbons (Fsp3) is 0.0811. The molecule has 3 nitrogen and oxygen atoms in total. The van der Waals surface area contributed by atoms with Crippen LogP contribution in [-0.2, 0) is 5.41 Å². The molecule has 0 spiro atoms. The molecular weight excluding hydrogens is 486 g/mol. The second-order valence-corrected chi connectivity index (χ2v) is 11.1. The molecule has 0 N–H and O–H groups in total. The molecule has 0 saturated carbocycles. The molecule has 0 unspecified atom stereocenters. The Morgan fingerprint density at radius 3 is 2.10 bits per heavy atom. The van der Waals surface area contributed by atoms with Crippen LogP contribution in [0.5, 0.6) is 0 Å². The molecule has 0 bridgehead atoms. The first-order valence-corrected chi connectivity index (χ1v) is 13.8. The Labute approximate surface area is 233 Å². The highest BCUT2D eigenvalue weighted by Crippen LogP contribution is 2.49. The number of para-hydroxylation sites is 2. The Morgan fingerprint density at radius 2 is 1.27 bits per heavy atom. The van der Waals surface area contributed by atoms with Crippen molar-refractivity contribution in [2.24, 2.45) is 0 Å². The summed E-state index contributed by atoms with van der Waals surface area (Å²) in [6.07, 6.45) is 2.02. The monoisotopic (exact) mass is 513 g/mol. The molecule has 0 amide bonds. The second-order valence-electron chi connectivity index (χ2n) is 11.1. The van der Waals surface area contributed by atoms with E-state index >= 15 is 0 Å². The van der Waals surface area contributed by atoms with E-state index in [0.717, 1.165) is 33.8 Å². The number of fused-ring (bicyclic) bond motifs is 6. The zero-order chi connectivity index (χ0) is 26.8. The lowest BCUT2D eigenvalue weighted by Gasteiger charge is -2.21. The van der Waals surface area contributed by atoms with Crippen LogP contribution in [0.3, 0.4) is 0 Å². The number of rotatable bonds is 3. The maximum absolute atomic E-state index is 5.24. The molecule has 7 aromatic rings. The molecule has 0 aliphatic heterocycles. The van der Waals surface area contributed by atoms with Crippen molar-refractivity contribution in [2.45, 2.75) is 19.3 Å². The Hall–Kier alpha value is -5.02. The van der Waals surface area contributed by atoms with Crippen molar-refractivity contribution in [3.63, 3.8) is 0 Å². The summed E-state index contributed by atoms with van der Waals surface area (Å²) in [7, 11) is 0. The molecule has 2 heterocycles. The Balaban J connectivity index is 1.28. The third kappa shape index (κ3) is 3.31. The van der Waals surface area contributed by atoms with Crippen LogP contribution >= 0.6 is 0 Å². The average molecular weight is 514 g/mol. The van der Waals surface area contributed by atoms with Crippen LogP contribution in [0, 0.1) is 0 Å².